The molecule has 1 heterocycles. The molecule has 0 bridgehead atoms. The quantitative estimate of drug-likeness (QED) is 0.522. The van der Waals surface area contributed by atoms with Crippen LogP contribution in [0.3, 0.4) is 0 Å². The molecule has 1 saturated heterocycles. The van der Waals surface area contributed by atoms with Gasteiger partial charge in [-0.15, -0.1) is 0 Å². The van der Waals surface area contributed by atoms with Gasteiger partial charge in [0.2, 0.25) is 5.91 Å². The monoisotopic (exact) mass is 478 g/mol. The number of allylic oxidation sites excluding steroid dienone is 3. The number of ether oxygens (including phenoxy) is 1. The standard InChI is InChI=1S/C26H33F3N2O3/c1-7-9-10-18(8-2)17(3)30-23(32)22-16-31(24(33)34-25(4,5)6)15-21(22)19-11-13-20(14-12-19)26(27,28)29/h7-14,17,21-22H,1,15-16H2,2-6H3,(H,30,32)/b10-9-,18-8+/t17-,21-,22+/m0/s1. The van der Waals surface area contributed by atoms with Gasteiger partial charge in [0, 0.05) is 19.0 Å². The minimum Gasteiger partial charge on any atom is -0.444 e. The highest BCUT2D eigenvalue weighted by molar-refractivity contribution is 5.82. The Morgan fingerprint density at radius 3 is 2.29 bits per heavy atom. The van der Waals surface area contributed by atoms with Crippen LogP contribution < -0.4 is 5.32 Å². The summed E-state index contributed by atoms with van der Waals surface area (Å²) in [5.41, 5.74) is -0.0423. The second kappa shape index (κ2) is 10.9. The van der Waals surface area contributed by atoms with Gasteiger partial charge in [0.25, 0.3) is 0 Å². The van der Waals surface area contributed by atoms with E-state index < -0.39 is 35.3 Å². The Morgan fingerprint density at radius 1 is 1.18 bits per heavy atom. The first-order chi connectivity index (χ1) is 15.8. The lowest BCUT2D eigenvalue weighted by atomic mass is 9.87. The number of nitrogens with zero attached hydrogens (tertiary/aromatic N) is 1. The fraction of sp³-hybridized carbons (Fsp3) is 0.462. The van der Waals surface area contributed by atoms with E-state index in [9.17, 15) is 22.8 Å². The third kappa shape index (κ3) is 7.23. The molecule has 1 aromatic carbocycles. The van der Waals surface area contributed by atoms with Gasteiger partial charge in [0.05, 0.1) is 17.5 Å². The maximum absolute atomic E-state index is 13.3. The van der Waals surface area contributed by atoms with E-state index >= 15 is 0 Å². The highest BCUT2D eigenvalue weighted by Gasteiger charge is 2.42. The predicted octanol–water partition coefficient (Wildman–Crippen LogP) is 5.85. The highest BCUT2D eigenvalue weighted by Crippen LogP contribution is 2.36. The summed E-state index contributed by atoms with van der Waals surface area (Å²) >= 11 is 0. The van der Waals surface area contributed by atoms with E-state index in [-0.39, 0.29) is 25.0 Å². The normalized spacial score (nSPS) is 20.4. The minimum absolute atomic E-state index is 0.104. The predicted molar refractivity (Wildman–Crippen MR) is 126 cm³/mol. The molecule has 5 nitrogen and oxygen atoms in total. The summed E-state index contributed by atoms with van der Waals surface area (Å²) in [5, 5.41) is 2.97. The molecule has 0 aromatic heterocycles. The van der Waals surface area contributed by atoms with E-state index in [2.05, 4.69) is 11.9 Å². The SMILES string of the molecule is C=C/C=C\C(=C/C)[C@H](C)NC(=O)[C@@H]1CN(C(=O)OC(C)(C)C)C[C@H]1c1ccc(C(F)(F)F)cc1. The van der Waals surface area contributed by atoms with Gasteiger partial charge in [-0.3, -0.25) is 4.79 Å². The van der Waals surface area contributed by atoms with Gasteiger partial charge in [-0.05, 0) is 57.9 Å². The number of hydrogen-bond acceptors (Lipinski definition) is 3. The van der Waals surface area contributed by atoms with E-state index in [4.69, 9.17) is 4.74 Å². The van der Waals surface area contributed by atoms with E-state index in [1.807, 2.05) is 26.0 Å². The zero-order chi connectivity index (χ0) is 25.7. The smallest absolute Gasteiger partial charge is 0.416 e. The molecule has 0 spiro atoms. The third-order valence-corrected chi connectivity index (χ3v) is 5.59. The first-order valence-corrected chi connectivity index (χ1v) is 11.2. The Bertz CT molecular complexity index is 944. The second-order valence-electron chi connectivity index (χ2n) is 9.33. The number of likely N-dealkylation sites (tertiary alicyclic amines) is 1. The fourth-order valence-electron chi connectivity index (χ4n) is 3.88. The van der Waals surface area contributed by atoms with Gasteiger partial charge in [-0.2, -0.15) is 13.2 Å². The van der Waals surface area contributed by atoms with Crippen LogP contribution in [-0.2, 0) is 15.7 Å². The van der Waals surface area contributed by atoms with Gasteiger partial charge in [0.15, 0.2) is 0 Å². The van der Waals surface area contributed by atoms with Crippen molar-refractivity contribution in [2.75, 3.05) is 13.1 Å². The number of hydrogen-bond donors (Lipinski definition) is 1. The molecule has 186 valence electrons. The van der Waals surface area contributed by atoms with E-state index in [1.54, 1.807) is 32.9 Å². The summed E-state index contributed by atoms with van der Waals surface area (Å²) in [7, 11) is 0. The van der Waals surface area contributed by atoms with E-state index in [1.165, 1.54) is 17.0 Å². The maximum Gasteiger partial charge on any atom is 0.416 e. The van der Waals surface area contributed by atoms with Crippen LogP contribution in [0, 0.1) is 5.92 Å². The lowest BCUT2D eigenvalue weighted by Gasteiger charge is -2.24. The number of carbonyl (C=O) groups excluding carboxylic acids is 2. The first kappa shape index (κ1) is 27.2. The summed E-state index contributed by atoms with van der Waals surface area (Å²) < 4.78 is 44.5. The number of benzene rings is 1. The van der Waals surface area contributed by atoms with E-state index in [0.717, 1.165) is 17.7 Å². The first-order valence-electron chi connectivity index (χ1n) is 11.2. The van der Waals surface area contributed by atoms with Crippen LogP contribution in [0.1, 0.15) is 51.7 Å². The zero-order valence-electron chi connectivity index (χ0n) is 20.3. The van der Waals surface area contributed by atoms with Crippen LogP contribution in [0.15, 0.2) is 60.7 Å². The minimum atomic E-state index is -4.45. The Balaban J connectivity index is 2.30. The largest absolute Gasteiger partial charge is 0.444 e. The summed E-state index contributed by atoms with van der Waals surface area (Å²) in [5.74, 6) is -1.40. The van der Waals surface area contributed by atoms with Crippen molar-refractivity contribution >= 4 is 12.0 Å². The van der Waals surface area contributed by atoms with Crippen LogP contribution in [0.2, 0.25) is 0 Å². The summed E-state index contributed by atoms with van der Waals surface area (Å²) in [6.07, 6.45) is 2.10. The lowest BCUT2D eigenvalue weighted by molar-refractivity contribution is -0.137. The summed E-state index contributed by atoms with van der Waals surface area (Å²) in [4.78, 5) is 27.4. The lowest BCUT2D eigenvalue weighted by Crippen LogP contribution is -2.41. The van der Waals surface area contributed by atoms with Crippen molar-refractivity contribution in [2.24, 2.45) is 5.92 Å². The number of rotatable bonds is 6. The molecule has 0 saturated carbocycles. The van der Waals surface area contributed by atoms with Gasteiger partial charge in [-0.25, -0.2) is 4.79 Å². The Hall–Kier alpha value is -3.03. The van der Waals surface area contributed by atoms with Gasteiger partial charge in [-0.1, -0.05) is 43.0 Å². The summed E-state index contributed by atoms with van der Waals surface area (Å²) in [6, 6.07) is 4.44. The Labute approximate surface area is 199 Å². The average molecular weight is 479 g/mol. The number of halogens is 3. The fourth-order valence-corrected chi connectivity index (χ4v) is 3.88. The maximum atomic E-state index is 13.3. The number of alkyl halides is 3. The molecule has 1 fully saturated rings. The Morgan fingerprint density at radius 2 is 1.79 bits per heavy atom. The van der Waals surface area contributed by atoms with Crippen molar-refractivity contribution in [3.8, 4) is 0 Å². The third-order valence-electron chi connectivity index (χ3n) is 5.59. The van der Waals surface area contributed by atoms with Crippen molar-refractivity contribution in [3.05, 3.63) is 71.8 Å². The molecule has 3 atom stereocenters. The second-order valence-corrected chi connectivity index (χ2v) is 9.33. The molecule has 0 radical (unpaired) electrons. The van der Waals surface area contributed by atoms with Gasteiger partial charge >= 0.3 is 12.3 Å². The zero-order valence-corrected chi connectivity index (χ0v) is 20.3. The highest BCUT2D eigenvalue weighted by atomic mass is 19.4. The molecular formula is C26H33F3N2O3. The molecule has 2 rings (SSSR count). The van der Waals surface area contributed by atoms with Crippen LogP contribution >= 0.6 is 0 Å². The van der Waals surface area contributed by atoms with Crippen molar-refractivity contribution in [1.82, 2.24) is 10.2 Å². The van der Waals surface area contributed by atoms with Crippen molar-refractivity contribution in [2.45, 2.75) is 58.4 Å². The number of nitrogens with one attached hydrogen (secondary N) is 1. The molecule has 1 N–H and O–H groups in total. The molecule has 8 heteroatoms. The van der Waals surface area contributed by atoms with Crippen molar-refractivity contribution in [1.29, 1.82) is 0 Å². The molecule has 34 heavy (non-hydrogen) atoms. The molecule has 1 aliphatic heterocycles. The van der Waals surface area contributed by atoms with Crippen LogP contribution in [0.4, 0.5) is 18.0 Å². The number of amides is 2. The topological polar surface area (TPSA) is 58.6 Å². The molecule has 0 aliphatic carbocycles. The molecule has 0 unspecified atom stereocenters. The number of carbonyl (C=O) groups is 2. The van der Waals surface area contributed by atoms with Crippen LogP contribution in [0.25, 0.3) is 0 Å². The van der Waals surface area contributed by atoms with Crippen molar-refractivity contribution in [3.63, 3.8) is 0 Å². The van der Waals surface area contributed by atoms with Crippen LogP contribution in [-0.4, -0.2) is 41.6 Å². The molecule has 1 aromatic rings. The molecule has 1 aliphatic rings. The molecular weight excluding hydrogens is 445 g/mol. The summed E-state index contributed by atoms with van der Waals surface area (Å²) in [6.45, 7) is 12.9. The van der Waals surface area contributed by atoms with E-state index in [0.29, 0.717) is 5.56 Å². The van der Waals surface area contributed by atoms with Crippen molar-refractivity contribution < 1.29 is 27.5 Å². The van der Waals surface area contributed by atoms with Crippen LogP contribution in [0.5, 0.6) is 0 Å². The Kier molecular flexibility index (Phi) is 8.75. The van der Waals surface area contributed by atoms with Gasteiger partial charge < -0.3 is 15.0 Å². The molecule has 2 amide bonds. The van der Waals surface area contributed by atoms with Gasteiger partial charge in [0.1, 0.15) is 5.60 Å². The average Bonchev–Trinajstić information content (AvgIpc) is 3.18.